The van der Waals surface area contributed by atoms with Gasteiger partial charge in [0.25, 0.3) is 0 Å². The fourth-order valence-corrected chi connectivity index (χ4v) is 2.42. The number of anilines is 1. The van der Waals surface area contributed by atoms with Gasteiger partial charge in [-0.15, -0.1) is 6.58 Å². The second kappa shape index (κ2) is 8.78. The third kappa shape index (κ3) is 5.54. The Hall–Kier alpha value is -2.44. The third-order valence-corrected chi connectivity index (χ3v) is 3.54. The van der Waals surface area contributed by atoms with Crippen molar-refractivity contribution in [2.75, 3.05) is 18.6 Å². The molecule has 0 saturated carbocycles. The summed E-state index contributed by atoms with van der Waals surface area (Å²) < 4.78 is 38.3. The summed E-state index contributed by atoms with van der Waals surface area (Å²) in [6, 6.07) is 1.78. The van der Waals surface area contributed by atoms with Gasteiger partial charge in [0, 0.05) is 12.6 Å². The molecular formula is C19H25F2NO4. The fourth-order valence-electron chi connectivity index (χ4n) is 2.42. The number of nitrogens with zero attached hydrogens (tertiary/aromatic N) is 1. The molecule has 0 saturated heterocycles. The molecule has 0 aromatic heterocycles. The van der Waals surface area contributed by atoms with Crippen LogP contribution in [0.5, 0.6) is 0 Å². The van der Waals surface area contributed by atoms with Gasteiger partial charge < -0.3 is 9.47 Å². The number of carbonyl (C=O) groups excluding carboxylic acids is 2. The molecule has 5 nitrogen and oxygen atoms in total. The number of benzene rings is 1. The van der Waals surface area contributed by atoms with Gasteiger partial charge in [0.05, 0.1) is 18.7 Å². The van der Waals surface area contributed by atoms with Crippen molar-refractivity contribution in [1.82, 2.24) is 0 Å². The van der Waals surface area contributed by atoms with Crippen LogP contribution in [0.3, 0.4) is 0 Å². The van der Waals surface area contributed by atoms with Crippen LogP contribution in [0.4, 0.5) is 19.3 Å². The number of carbonyl (C=O) groups is 2. The predicted molar refractivity (Wildman–Crippen MR) is 95.0 cm³/mol. The minimum Gasteiger partial charge on any atom is -0.469 e. The van der Waals surface area contributed by atoms with Crippen molar-refractivity contribution in [1.29, 1.82) is 0 Å². The molecule has 0 fully saturated rings. The largest absolute Gasteiger partial charge is 0.469 e. The molecule has 0 bridgehead atoms. The zero-order chi connectivity index (χ0) is 20.1. The van der Waals surface area contributed by atoms with Crippen LogP contribution in [0.2, 0.25) is 0 Å². The van der Waals surface area contributed by atoms with E-state index in [1.807, 2.05) is 0 Å². The van der Waals surface area contributed by atoms with E-state index >= 15 is 0 Å². The third-order valence-electron chi connectivity index (χ3n) is 3.54. The molecule has 0 radical (unpaired) electrons. The lowest BCUT2D eigenvalue weighted by Gasteiger charge is -2.28. The lowest BCUT2D eigenvalue weighted by atomic mass is 9.97. The molecule has 26 heavy (non-hydrogen) atoms. The summed E-state index contributed by atoms with van der Waals surface area (Å²) in [5.41, 5.74) is -0.763. The van der Waals surface area contributed by atoms with Crippen molar-refractivity contribution in [3.05, 3.63) is 42.0 Å². The number of halogens is 2. The van der Waals surface area contributed by atoms with E-state index in [9.17, 15) is 18.4 Å². The van der Waals surface area contributed by atoms with Crippen LogP contribution in [0.15, 0.2) is 24.8 Å². The van der Waals surface area contributed by atoms with Gasteiger partial charge in [-0.05, 0) is 45.7 Å². The van der Waals surface area contributed by atoms with Crippen molar-refractivity contribution in [3.63, 3.8) is 0 Å². The lowest BCUT2D eigenvalue weighted by molar-refractivity contribution is -0.143. The minimum absolute atomic E-state index is 0.0700. The van der Waals surface area contributed by atoms with E-state index in [4.69, 9.17) is 4.74 Å². The van der Waals surface area contributed by atoms with Gasteiger partial charge in [-0.2, -0.15) is 0 Å². The summed E-state index contributed by atoms with van der Waals surface area (Å²) in [5.74, 6) is -3.12. The Morgan fingerprint density at radius 3 is 2.38 bits per heavy atom. The Morgan fingerprint density at radius 1 is 1.31 bits per heavy atom. The fraction of sp³-hybridized carbons (Fsp3) is 0.474. The number of methoxy groups -OCH3 is 1. The average molecular weight is 369 g/mol. The predicted octanol–water partition coefficient (Wildman–Crippen LogP) is 4.24. The quantitative estimate of drug-likeness (QED) is 0.556. The molecule has 144 valence electrons. The average Bonchev–Trinajstić information content (AvgIpc) is 2.52. The van der Waals surface area contributed by atoms with Crippen molar-refractivity contribution < 1.29 is 27.8 Å². The highest BCUT2D eigenvalue weighted by molar-refractivity contribution is 5.89. The first-order valence-electron chi connectivity index (χ1n) is 8.22. The van der Waals surface area contributed by atoms with Crippen LogP contribution in [0.1, 0.15) is 33.3 Å². The molecule has 1 aromatic carbocycles. The summed E-state index contributed by atoms with van der Waals surface area (Å²) in [5, 5.41) is 0. The van der Waals surface area contributed by atoms with Gasteiger partial charge in [0.1, 0.15) is 17.2 Å². The molecule has 7 heteroatoms. The molecule has 1 aromatic rings. The Balaban J connectivity index is 3.38. The van der Waals surface area contributed by atoms with Crippen molar-refractivity contribution in [2.45, 2.75) is 39.7 Å². The molecule has 1 unspecified atom stereocenters. The van der Waals surface area contributed by atoms with Crippen LogP contribution in [-0.4, -0.2) is 31.3 Å². The number of rotatable bonds is 6. The van der Waals surface area contributed by atoms with E-state index in [-0.39, 0.29) is 24.2 Å². The molecule has 1 atom stereocenters. The number of esters is 1. The number of hydrogen-bond acceptors (Lipinski definition) is 4. The van der Waals surface area contributed by atoms with Gasteiger partial charge in [-0.1, -0.05) is 6.08 Å². The van der Waals surface area contributed by atoms with Crippen LogP contribution in [-0.2, 0) is 20.7 Å². The molecule has 1 amide bonds. The minimum atomic E-state index is -0.916. The van der Waals surface area contributed by atoms with Gasteiger partial charge in [-0.25, -0.2) is 13.6 Å². The molecule has 1 rings (SSSR count). The highest BCUT2D eigenvalue weighted by Gasteiger charge is 2.28. The maximum Gasteiger partial charge on any atom is 0.414 e. The van der Waals surface area contributed by atoms with E-state index in [2.05, 4.69) is 11.3 Å². The molecular weight excluding hydrogens is 344 g/mol. The molecule has 0 aliphatic carbocycles. The number of ether oxygens (including phenoxy) is 2. The highest BCUT2D eigenvalue weighted by atomic mass is 19.1. The first kappa shape index (κ1) is 21.6. The zero-order valence-corrected chi connectivity index (χ0v) is 15.8. The van der Waals surface area contributed by atoms with E-state index in [1.165, 1.54) is 13.2 Å². The Morgan fingerprint density at radius 2 is 1.92 bits per heavy atom. The van der Waals surface area contributed by atoms with Crippen LogP contribution >= 0.6 is 0 Å². The molecule has 0 heterocycles. The van der Waals surface area contributed by atoms with E-state index in [0.717, 1.165) is 11.0 Å². The summed E-state index contributed by atoms with van der Waals surface area (Å²) in [6.07, 6.45) is 0.502. The monoisotopic (exact) mass is 369 g/mol. The van der Waals surface area contributed by atoms with E-state index < -0.39 is 35.2 Å². The van der Waals surface area contributed by atoms with E-state index in [0.29, 0.717) is 6.07 Å². The topological polar surface area (TPSA) is 55.8 Å². The second-order valence-corrected chi connectivity index (χ2v) is 6.69. The van der Waals surface area contributed by atoms with E-state index in [1.54, 1.807) is 27.7 Å². The van der Waals surface area contributed by atoms with Gasteiger partial charge >= 0.3 is 12.1 Å². The summed E-state index contributed by atoms with van der Waals surface area (Å²) >= 11 is 0. The van der Waals surface area contributed by atoms with Crippen molar-refractivity contribution >= 4 is 17.7 Å². The normalized spacial score (nSPS) is 12.3. The Kier molecular flexibility index (Phi) is 7.29. The van der Waals surface area contributed by atoms with Gasteiger partial charge in [0.2, 0.25) is 0 Å². The highest BCUT2D eigenvalue weighted by Crippen LogP contribution is 2.30. The van der Waals surface area contributed by atoms with Crippen LogP contribution < -0.4 is 4.90 Å². The summed E-state index contributed by atoms with van der Waals surface area (Å²) in [7, 11) is 1.21. The SMILES string of the molecule is C=CC(Cc1cc(F)cc(F)c1N(CC)C(=O)OC(C)(C)C)C(=O)OC. The van der Waals surface area contributed by atoms with Crippen molar-refractivity contribution in [2.24, 2.45) is 5.92 Å². The van der Waals surface area contributed by atoms with Gasteiger partial charge in [0.15, 0.2) is 0 Å². The number of amides is 1. The molecule has 0 spiro atoms. The van der Waals surface area contributed by atoms with Crippen LogP contribution in [0.25, 0.3) is 0 Å². The first-order chi connectivity index (χ1) is 12.0. The summed E-state index contributed by atoms with van der Waals surface area (Å²) in [4.78, 5) is 25.3. The maximum atomic E-state index is 14.5. The summed E-state index contributed by atoms with van der Waals surface area (Å²) in [6.45, 7) is 10.4. The molecule has 0 aliphatic rings. The number of hydrogen-bond donors (Lipinski definition) is 0. The Labute approximate surface area is 152 Å². The smallest absolute Gasteiger partial charge is 0.414 e. The maximum absolute atomic E-state index is 14.5. The molecule has 0 N–H and O–H groups in total. The van der Waals surface area contributed by atoms with Crippen molar-refractivity contribution in [3.8, 4) is 0 Å². The lowest BCUT2D eigenvalue weighted by Crippen LogP contribution is -2.38. The molecule has 0 aliphatic heterocycles. The first-order valence-corrected chi connectivity index (χ1v) is 8.22. The zero-order valence-electron chi connectivity index (χ0n) is 15.8. The Bertz CT molecular complexity index is 683. The van der Waals surface area contributed by atoms with Crippen LogP contribution in [0, 0.1) is 17.6 Å². The van der Waals surface area contributed by atoms with Gasteiger partial charge in [-0.3, -0.25) is 9.69 Å². The standard InChI is InChI=1S/C19H25F2NO4/c1-7-12(17(23)25-6)9-13-10-14(20)11-15(21)16(13)22(8-2)18(24)26-19(3,4)5/h7,10-12H,1,8-9H2,2-6H3. The second-order valence-electron chi connectivity index (χ2n) is 6.69.